The molecule has 0 saturated carbocycles. The largest absolute Gasteiger partial charge is 0.465 e. The van der Waals surface area contributed by atoms with Gasteiger partial charge in [0.25, 0.3) is 0 Å². The molecular formula is C22H28N2O4. The van der Waals surface area contributed by atoms with Crippen molar-refractivity contribution in [2.75, 3.05) is 13.7 Å². The number of aromatic nitrogens is 1. The molecular weight excluding hydrogens is 356 g/mol. The number of nitrogens with one attached hydrogen (secondary N) is 1. The lowest BCUT2D eigenvalue weighted by molar-refractivity contribution is 0.0600. The molecule has 6 heteroatoms. The van der Waals surface area contributed by atoms with Crippen molar-refractivity contribution in [3.63, 3.8) is 0 Å². The van der Waals surface area contributed by atoms with Gasteiger partial charge in [-0.15, -0.1) is 0 Å². The Balaban J connectivity index is 1.87. The number of nitrogens with zero attached hydrogens (tertiary/aromatic N) is 1. The van der Waals surface area contributed by atoms with Crippen LogP contribution in [0.15, 0.2) is 42.7 Å². The number of amides is 1. The molecule has 1 heterocycles. The Hall–Kier alpha value is -2.89. The maximum absolute atomic E-state index is 12.0. The van der Waals surface area contributed by atoms with Crippen LogP contribution in [-0.4, -0.2) is 30.7 Å². The first-order chi connectivity index (χ1) is 13.6. The number of ether oxygens (including phenoxy) is 2. The highest BCUT2D eigenvalue weighted by atomic mass is 16.6. The van der Waals surface area contributed by atoms with Gasteiger partial charge in [-0.1, -0.05) is 51.2 Å². The Morgan fingerprint density at radius 3 is 2.57 bits per heavy atom. The van der Waals surface area contributed by atoms with E-state index in [-0.39, 0.29) is 0 Å². The summed E-state index contributed by atoms with van der Waals surface area (Å²) in [7, 11) is 1.33. The molecule has 0 aliphatic carbocycles. The Bertz CT molecular complexity index is 777. The fourth-order valence-electron chi connectivity index (χ4n) is 2.81. The molecule has 0 fully saturated rings. The summed E-state index contributed by atoms with van der Waals surface area (Å²) in [6.07, 6.45) is 9.63. The van der Waals surface area contributed by atoms with Gasteiger partial charge in [0.05, 0.1) is 12.7 Å². The van der Waals surface area contributed by atoms with Crippen LogP contribution in [-0.2, 0) is 4.74 Å². The quantitative estimate of drug-likeness (QED) is 0.461. The molecule has 0 unspecified atom stereocenters. The van der Waals surface area contributed by atoms with Crippen molar-refractivity contribution in [2.45, 2.75) is 45.4 Å². The fraction of sp³-hybridized carbons (Fsp3) is 0.409. The smallest absolute Gasteiger partial charge is 0.412 e. The van der Waals surface area contributed by atoms with Gasteiger partial charge in [-0.05, 0) is 30.2 Å². The molecule has 28 heavy (non-hydrogen) atoms. The van der Waals surface area contributed by atoms with Gasteiger partial charge in [-0.2, -0.15) is 0 Å². The summed E-state index contributed by atoms with van der Waals surface area (Å²) < 4.78 is 10.1. The summed E-state index contributed by atoms with van der Waals surface area (Å²) in [4.78, 5) is 27.7. The minimum absolute atomic E-state index is 0.364. The lowest BCUT2D eigenvalue weighted by Gasteiger charge is -2.09. The van der Waals surface area contributed by atoms with Crippen LogP contribution in [0, 0.1) is 0 Å². The molecule has 1 amide bonds. The van der Waals surface area contributed by atoms with Gasteiger partial charge in [0.2, 0.25) is 0 Å². The standard InChI is InChI=1S/C22H28N2O4/c1-3-4-5-6-7-8-12-24-22(26)28-20-11-9-10-17(14-20)18-13-19(16-23-15-18)21(25)27-2/h9-11,13-16H,3-8,12H2,1-2H3,(H,24,26). The third-order valence-corrected chi connectivity index (χ3v) is 4.34. The SMILES string of the molecule is CCCCCCCCNC(=O)Oc1cccc(-c2cncc(C(=O)OC)c2)c1. The van der Waals surface area contributed by atoms with Crippen LogP contribution in [0.2, 0.25) is 0 Å². The van der Waals surface area contributed by atoms with Crippen LogP contribution < -0.4 is 10.1 Å². The maximum Gasteiger partial charge on any atom is 0.412 e. The van der Waals surface area contributed by atoms with Crippen LogP contribution in [0.3, 0.4) is 0 Å². The summed E-state index contributed by atoms with van der Waals surface area (Å²) in [6.45, 7) is 2.80. The normalized spacial score (nSPS) is 10.4. The molecule has 6 nitrogen and oxygen atoms in total. The average molecular weight is 384 g/mol. The molecule has 2 rings (SSSR count). The van der Waals surface area contributed by atoms with E-state index in [1.165, 1.54) is 39.0 Å². The second-order valence-corrected chi connectivity index (χ2v) is 6.57. The van der Waals surface area contributed by atoms with Crippen molar-refractivity contribution in [3.8, 4) is 16.9 Å². The zero-order valence-corrected chi connectivity index (χ0v) is 16.6. The molecule has 0 bridgehead atoms. The van der Waals surface area contributed by atoms with Gasteiger partial charge in [-0.3, -0.25) is 4.98 Å². The number of methoxy groups -OCH3 is 1. The minimum atomic E-state index is -0.466. The van der Waals surface area contributed by atoms with Gasteiger partial charge < -0.3 is 14.8 Å². The topological polar surface area (TPSA) is 77.5 Å². The van der Waals surface area contributed by atoms with E-state index in [4.69, 9.17) is 9.47 Å². The van der Waals surface area contributed by atoms with Crippen LogP contribution in [0.4, 0.5) is 4.79 Å². The highest BCUT2D eigenvalue weighted by Crippen LogP contribution is 2.24. The van der Waals surface area contributed by atoms with E-state index in [1.54, 1.807) is 30.5 Å². The number of carbonyl (C=O) groups excluding carboxylic acids is 2. The van der Waals surface area contributed by atoms with Crippen LogP contribution >= 0.6 is 0 Å². The van der Waals surface area contributed by atoms with E-state index in [9.17, 15) is 9.59 Å². The number of unbranched alkanes of at least 4 members (excludes halogenated alkanes) is 5. The highest BCUT2D eigenvalue weighted by molar-refractivity contribution is 5.90. The van der Waals surface area contributed by atoms with Crippen molar-refractivity contribution in [1.82, 2.24) is 10.3 Å². The molecule has 1 aromatic carbocycles. The van der Waals surface area contributed by atoms with Gasteiger partial charge >= 0.3 is 12.1 Å². The van der Waals surface area contributed by atoms with E-state index >= 15 is 0 Å². The Kier molecular flexibility index (Phi) is 8.98. The zero-order chi connectivity index (χ0) is 20.2. The monoisotopic (exact) mass is 384 g/mol. The number of hydrogen-bond acceptors (Lipinski definition) is 5. The van der Waals surface area contributed by atoms with E-state index in [0.29, 0.717) is 17.9 Å². The molecule has 1 aromatic heterocycles. The average Bonchev–Trinajstić information content (AvgIpc) is 2.72. The third kappa shape index (κ3) is 7.02. The summed E-state index contributed by atoms with van der Waals surface area (Å²) in [5.41, 5.74) is 1.89. The van der Waals surface area contributed by atoms with E-state index in [0.717, 1.165) is 24.0 Å². The molecule has 0 radical (unpaired) electrons. The first-order valence-corrected chi connectivity index (χ1v) is 9.73. The number of esters is 1. The van der Waals surface area contributed by atoms with Crippen LogP contribution in [0.5, 0.6) is 5.75 Å². The summed E-state index contributed by atoms with van der Waals surface area (Å²) in [5, 5.41) is 2.78. The number of pyridine rings is 1. The summed E-state index contributed by atoms with van der Waals surface area (Å²) in [5.74, 6) is -0.0164. The van der Waals surface area contributed by atoms with Gasteiger partial charge in [0.1, 0.15) is 5.75 Å². The minimum Gasteiger partial charge on any atom is -0.465 e. The molecule has 2 aromatic rings. The molecule has 0 aliphatic heterocycles. The van der Waals surface area contributed by atoms with Gasteiger partial charge in [-0.25, -0.2) is 9.59 Å². The second-order valence-electron chi connectivity index (χ2n) is 6.57. The summed E-state index contributed by atoms with van der Waals surface area (Å²) in [6, 6.07) is 8.79. The van der Waals surface area contributed by atoms with Crippen molar-refractivity contribution in [2.24, 2.45) is 0 Å². The zero-order valence-electron chi connectivity index (χ0n) is 16.6. The molecule has 0 spiro atoms. The number of rotatable bonds is 10. The van der Waals surface area contributed by atoms with Crippen LogP contribution in [0.1, 0.15) is 55.8 Å². The number of carbonyl (C=O) groups is 2. The fourth-order valence-corrected chi connectivity index (χ4v) is 2.81. The lowest BCUT2D eigenvalue weighted by atomic mass is 10.1. The Morgan fingerprint density at radius 2 is 1.79 bits per heavy atom. The predicted octanol–water partition coefficient (Wildman–Crippen LogP) is 4.98. The summed E-state index contributed by atoms with van der Waals surface area (Å²) >= 11 is 0. The van der Waals surface area contributed by atoms with Crippen molar-refractivity contribution >= 4 is 12.1 Å². The van der Waals surface area contributed by atoms with Crippen LogP contribution in [0.25, 0.3) is 11.1 Å². The van der Waals surface area contributed by atoms with E-state index in [1.807, 2.05) is 6.07 Å². The molecule has 150 valence electrons. The molecule has 0 atom stereocenters. The first-order valence-electron chi connectivity index (χ1n) is 9.73. The van der Waals surface area contributed by atoms with Gasteiger partial charge in [0.15, 0.2) is 0 Å². The van der Waals surface area contributed by atoms with Crippen molar-refractivity contribution in [1.29, 1.82) is 0 Å². The number of benzene rings is 1. The predicted molar refractivity (Wildman–Crippen MR) is 108 cm³/mol. The molecule has 0 saturated heterocycles. The molecule has 0 aliphatic rings. The van der Waals surface area contributed by atoms with Crippen molar-refractivity contribution < 1.29 is 19.1 Å². The highest BCUT2D eigenvalue weighted by Gasteiger charge is 2.09. The second kappa shape index (κ2) is 11.7. The van der Waals surface area contributed by atoms with Crippen molar-refractivity contribution in [3.05, 3.63) is 48.3 Å². The Morgan fingerprint density at radius 1 is 1.00 bits per heavy atom. The lowest BCUT2D eigenvalue weighted by Crippen LogP contribution is -2.27. The Labute approximate surface area is 166 Å². The van der Waals surface area contributed by atoms with E-state index in [2.05, 4.69) is 17.2 Å². The van der Waals surface area contributed by atoms with E-state index < -0.39 is 12.1 Å². The third-order valence-electron chi connectivity index (χ3n) is 4.34. The number of hydrogen-bond donors (Lipinski definition) is 1. The molecule has 1 N–H and O–H groups in total. The van der Waals surface area contributed by atoms with Gasteiger partial charge in [0, 0.05) is 24.5 Å². The maximum atomic E-state index is 12.0. The first kappa shape index (κ1) is 21.4.